The summed E-state index contributed by atoms with van der Waals surface area (Å²) in [4.78, 5) is 13.1. The van der Waals surface area contributed by atoms with Crippen LogP contribution in [-0.2, 0) is 21.6 Å². The molecule has 0 N–H and O–H groups in total. The van der Waals surface area contributed by atoms with Crippen LogP contribution in [-0.4, -0.2) is 40.8 Å². The first-order valence-corrected chi connectivity index (χ1v) is 8.18. The Morgan fingerprint density at radius 1 is 1.27 bits per heavy atom. The van der Waals surface area contributed by atoms with Crippen LogP contribution in [0.4, 0.5) is 3.89 Å². The smallest absolute Gasteiger partial charge is 0.307 e. The van der Waals surface area contributed by atoms with Gasteiger partial charge in [0, 0.05) is 31.9 Å². The maximum atomic E-state index is 13.0. The van der Waals surface area contributed by atoms with Gasteiger partial charge in [0.05, 0.1) is 5.69 Å². The predicted octanol–water partition coefficient (Wildman–Crippen LogP) is 1.27. The number of rotatable bonds is 4. The predicted molar refractivity (Wildman–Crippen MR) is 77.4 cm³/mol. The minimum Gasteiger partial charge on any atom is -0.337 e. The highest BCUT2D eigenvalue weighted by molar-refractivity contribution is 7.87. The van der Waals surface area contributed by atoms with Crippen molar-refractivity contribution in [1.82, 2.24) is 14.7 Å². The molecule has 0 saturated carbocycles. The lowest BCUT2D eigenvalue weighted by Gasteiger charge is -2.16. The van der Waals surface area contributed by atoms with Crippen LogP contribution in [0.15, 0.2) is 42.7 Å². The highest BCUT2D eigenvalue weighted by Gasteiger charge is 2.38. The van der Waals surface area contributed by atoms with Gasteiger partial charge < -0.3 is 4.90 Å². The van der Waals surface area contributed by atoms with E-state index >= 15 is 0 Å². The lowest BCUT2D eigenvalue weighted by atomic mass is 10.2. The molecule has 0 spiro atoms. The second kappa shape index (κ2) is 5.53. The zero-order chi connectivity index (χ0) is 15.7. The van der Waals surface area contributed by atoms with Crippen molar-refractivity contribution in [3.05, 3.63) is 48.3 Å². The quantitative estimate of drug-likeness (QED) is 0.795. The van der Waals surface area contributed by atoms with Crippen LogP contribution in [0.25, 0.3) is 5.69 Å². The summed E-state index contributed by atoms with van der Waals surface area (Å²) in [6.07, 6.45) is 3.20. The molecule has 0 aliphatic carbocycles. The van der Waals surface area contributed by atoms with Crippen molar-refractivity contribution in [2.45, 2.75) is 18.2 Å². The summed E-state index contributed by atoms with van der Waals surface area (Å²) in [6.45, 7) is 0.169. The van der Waals surface area contributed by atoms with E-state index in [9.17, 15) is 17.1 Å². The molecule has 1 unspecified atom stereocenters. The lowest BCUT2D eigenvalue weighted by molar-refractivity contribution is -0.128. The molecule has 8 heteroatoms. The molecule has 1 amide bonds. The minimum atomic E-state index is -4.67. The first-order valence-electron chi connectivity index (χ1n) is 6.74. The Morgan fingerprint density at radius 3 is 2.55 bits per heavy atom. The molecule has 1 aromatic heterocycles. The van der Waals surface area contributed by atoms with Crippen LogP contribution >= 0.6 is 0 Å². The summed E-state index contributed by atoms with van der Waals surface area (Å²) in [6, 6.07) is 9.19. The van der Waals surface area contributed by atoms with Gasteiger partial charge in [-0.2, -0.15) is 13.5 Å². The maximum absolute atomic E-state index is 13.0. The number of halogens is 1. The highest BCUT2D eigenvalue weighted by Crippen LogP contribution is 2.22. The van der Waals surface area contributed by atoms with E-state index < -0.39 is 15.5 Å². The zero-order valence-electron chi connectivity index (χ0n) is 11.6. The van der Waals surface area contributed by atoms with E-state index in [1.165, 1.54) is 4.90 Å². The molecule has 0 radical (unpaired) electrons. The van der Waals surface area contributed by atoms with Crippen molar-refractivity contribution < 1.29 is 17.1 Å². The van der Waals surface area contributed by atoms with E-state index in [4.69, 9.17) is 0 Å². The Labute approximate surface area is 127 Å². The van der Waals surface area contributed by atoms with Crippen molar-refractivity contribution in [2.24, 2.45) is 0 Å². The largest absolute Gasteiger partial charge is 0.337 e. The van der Waals surface area contributed by atoms with Crippen molar-refractivity contribution >= 4 is 16.1 Å². The summed E-state index contributed by atoms with van der Waals surface area (Å²) >= 11 is 0. The third kappa shape index (κ3) is 3.01. The monoisotopic (exact) mass is 323 g/mol. The Balaban J connectivity index is 1.70. The normalized spacial score (nSPS) is 18.9. The van der Waals surface area contributed by atoms with Gasteiger partial charge >= 0.3 is 10.2 Å². The molecule has 1 fully saturated rings. The van der Waals surface area contributed by atoms with E-state index in [1.807, 2.05) is 36.5 Å². The van der Waals surface area contributed by atoms with Gasteiger partial charge in [0.15, 0.2) is 0 Å². The van der Waals surface area contributed by atoms with Gasteiger partial charge in [-0.15, -0.1) is 3.89 Å². The summed E-state index contributed by atoms with van der Waals surface area (Å²) in [5.41, 5.74) is 1.73. The van der Waals surface area contributed by atoms with Gasteiger partial charge in [-0.1, -0.05) is 12.1 Å². The number of hydrogen-bond acceptors (Lipinski definition) is 4. The second-order valence-electron chi connectivity index (χ2n) is 5.19. The maximum Gasteiger partial charge on any atom is 0.307 e. The standard InChI is InChI=1S/C14H14FN3O3S/c15-22(20,21)13-8-14(19)17(10-13)9-11-2-4-12(5-3-11)18-7-1-6-16-18/h1-7,13H,8-10H2. The van der Waals surface area contributed by atoms with Crippen molar-refractivity contribution in [2.75, 3.05) is 6.54 Å². The summed E-state index contributed by atoms with van der Waals surface area (Å²) in [5, 5.41) is 2.87. The van der Waals surface area contributed by atoms with Crippen LogP contribution in [0, 0.1) is 0 Å². The lowest BCUT2D eigenvalue weighted by Crippen LogP contribution is -2.26. The first kappa shape index (κ1) is 14.7. The van der Waals surface area contributed by atoms with Gasteiger partial charge in [-0.3, -0.25) is 4.79 Å². The SMILES string of the molecule is O=C1CC(S(=O)(=O)F)CN1Cc1ccc(-n2cccn2)cc1. The molecule has 2 heterocycles. The van der Waals surface area contributed by atoms with E-state index in [2.05, 4.69) is 5.10 Å². The van der Waals surface area contributed by atoms with Gasteiger partial charge in [0.2, 0.25) is 5.91 Å². The second-order valence-corrected chi connectivity index (χ2v) is 6.81. The molecule has 1 atom stereocenters. The van der Waals surface area contributed by atoms with Gasteiger partial charge in [-0.25, -0.2) is 4.68 Å². The topological polar surface area (TPSA) is 72.3 Å². The van der Waals surface area contributed by atoms with Crippen LogP contribution < -0.4 is 0 Å². The van der Waals surface area contributed by atoms with Crippen molar-refractivity contribution in [1.29, 1.82) is 0 Å². The summed E-state index contributed by atoms with van der Waals surface area (Å²) in [7, 11) is -4.67. The number of benzene rings is 1. The van der Waals surface area contributed by atoms with Crippen LogP contribution in [0.1, 0.15) is 12.0 Å². The van der Waals surface area contributed by atoms with E-state index in [-0.39, 0.29) is 25.4 Å². The molecular weight excluding hydrogens is 309 g/mol. The number of amides is 1. The molecule has 1 aliphatic rings. The number of nitrogens with zero attached hydrogens (tertiary/aromatic N) is 3. The first-order chi connectivity index (χ1) is 10.4. The molecule has 22 heavy (non-hydrogen) atoms. The Hall–Kier alpha value is -2.22. The molecule has 1 saturated heterocycles. The van der Waals surface area contributed by atoms with Crippen LogP contribution in [0.5, 0.6) is 0 Å². The summed E-state index contributed by atoms with van der Waals surface area (Å²) in [5.74, 6) is -0.345. The fourth-order valence-corrected chi connectivity index (χ4v) is 3.17. The average Bonchev–Trinajstić information content (AvgIpc) is 3.10. The van der Waals surface area contributed by atoms with Crippen LogP contribution in [0.2, 0.25) is 0 Å². The summed E-state index contributed by atoms with van der Waals surface area (Å²) < 4.78 is 36.5. The molecule has 1 aliphatic heterocycles. The van der Waals surface area contributed by atoms with E-state index in [1.54, 1.807) is 10.9 Å². The molecule has 6 nitrogen and oxygen atoms in total. The average molecular weight is 323 g/mol. The third-order valence-electron chi connectivity index (χ3n) is 3.66. The highest BCUT2D eigenvalue weighted by atomic mass is 32.3. The molecule has 0 bridgehead atoms. The molecule has 116 valence electrons. The molecular formula is C14H14FN3O3S. The fraction of sp³-hybridized carbons (Fsp3) is 0.286. The van der Waals surface area contributed by atoms with Gasteiger partial charge in [0.25, 0.3) is 0 Å². The van der Waals surface area contributed by atoms with Crippen LogP contribution in [0.3, 0.4) is 0 Å². The van der Waals surface area contributed by atoms with Gasteiger partial charge in [0.1, 0.15) is 5.25 Å². The zero-order valence-corrected chi connectivity index (χ0v) is 12.4. The van der Waals surface area contributed by atoms with E-state index in [0.717, 1.165) is 11.3 Å². The molecule has 3 rings (SSSR count). The fourth-order valence-electron chi connectivity index (χ4n) is 2.47. The Morgan fingerprint density at radius 2 is 2.00 bits per heavy atom. The minimum absolute atomic E-state index is 0.0986. The van der Waals surface area contributed by atoms with Crippen molar-refractivity contribution in [3.63, 3.8) is 0 Å². The third-order valence-corrected chi connectivity index (χ3v) is 4.77. The molecule has 1 aromatic carbocycles. The molecule has 2 aromatic rings. The number of carbonyl (C=O) groups excluding carboxylic acids is 1. The number of likely N-dealkylation sites (tertiary alicyclic amines) is 1. The van der Waals surface area contributed by atoms with Crippen molar-refractivity contribution in [3.8, 4) is 5.69 Å². The number of aromatic nitrogens is 2. The number of carbonyl (C=O) groups is 1. The van der Waals surface area contributed by atoms with E-state index in [0.29, 0.717) is 0 Å². The Bertz CT molecular complexity index is 772. The number of hydrogen-bond donors (Lipinski definition) is 0. The Kier molecular flexibility index (Phi) is 3.69. The van der Waals surface area contributed by atoms with Gasteiger partial charge in [-0.05, 0) is 23.8 Å².